The average molecular weight is 350 g/mol. The third-order valence-electron chi connectivity index (χ3n) is 3.68. The number of hydrogen-bond acceptors (Lipinski definition) is 2. The van der Waals surface area contributed by atoms with E-state index < -0.39 is 0 Å². The summed E-state index contributed by atoms with van der Waals surface area (Å²) < 4.78 is 20.6. The Balaban J connectivity index is 1.76. The van der Waals surface area contributed by atoms with Crippen molar-refractivity contribution in [3.63, 3.8) is 0 Å². The van der Waals surface area contributed by atoms with Gasteiger partial charge >= 0.3 is 0 Å². The molecule has 0 unspecified atom stereocenters. The molecule has 3 rings (SSSR count). The Morgan fingerprint density at radius 2 is 1.81 bits per heavy atom. The second-order valence-electron chi connectivity index (χ2n) is 5.21. The van der Waals surface area contributed by atoms with Crippen LogP contribution in [0.3, 0.4) is 0 Å². The molecule has 1 aliphatic heterocycles. The van der Waals surface area contributed by atoms with Crippen molar-refractivity contribution in [1.29, 1.82) is 0 Å². The molecule has 0 aromatic heterocycles. The van der Waals surface area contributed by atoms with Gasteiger partial charge < -0.3 is 9.64 Å². The number of anilines is 1. The zero-order valence-electron chi connectivity index (χ0n) is 11.7. The summed E-state index contributed by atoms with van der Waals surface area (Å²) in [5.74, 6) is -0.0380. The molecule has 0 atom stereocenters. The van der Waals surface area contributed by atoms with Gasteiger partial charge in [-0.25, -0.2) is 4.39 Å². The van der Waals surface area contributed by atoms with Gasteiger partial charge in [-0.15, -0.1) is 0 Å². The van der Waals surface area contributed by atoms with E-state index in [1.54, 1.807) is 6.07 Å². The lowest BCUT2D eigenvalue weighted by Gasteiger charge is -2.19. The summed E-state index contributed by atoms with van der Waals surface area (Å²) in [6, 6.07) is 13.3. The van der Waals surface area contributed by atoms with Crippen LogP contribution in [0.25, 0.3) is 0 Å². The van der Waals surface area contributed by atoms with Gasteiger partial charge in [-0.3, -0.25) is 0 Å². The molecular weight excluding hydrogens is 333 g/mol. The Morgan fingerprint density at radius 1 is 1.10 bits per heavy atom. The second-order valence-corrected chi connectivity index (χ2v) is 6.06. The normalized spacial score (nSPS) is 14.5. The summed E-state index contributed by atoms with van der Waals surface area (Å²) in [6.45, 7) is 2.35. The molecule has 2 nitrogen and oxygen atoms in total. The van der Waals surface area contributed by atoms with Crippen molar-refractivity contribution >= 4 is 21.6 Å². The Morgan fingerprint density at radius 3 is 2.48 bits per heavy atom. The van der Waals surface area contributed by atoms with Crippen molar-refractivity contribution in [3.05, 3.63) is 58.3 Å². The van der Waals surface area contributed by atoms with Crippen LogP contribution in [0.2, 0.25) is 0 Å². The fourth-order valence-electron chi connectivity index (χ4n) is 2.57. The third kappa shape index (κ3) is 3.38. The summed E-state index contributed by atoms with van der Waals surface area (Å²) in [5, 5.41) is 0. The Kier molecular flexibility index (Phi) is 4.44. The highest BCUT2D eigenvalue weighted by atomic mass is 79.9. The average Bonchev–Trinajstić information content (AvgIpc) is 3.01. The zero-order chi connectivity index (χ0) is 14.7. The van der Waals surface area contributed by atoms with E-state index >= 15 is 0 Å². The van der Waals surface area contributed by atoms with Crippen molar-refractivity contribution < 1.29 is 9.13 Å². The molecule has 0 bridgehead atoms. The minimum atomic E-state index is -0.317. The number of halogens is 2. The van der Waals surface area contributed by atoms with Gasteiger partial charge in [-0.2, -0.15) is 0 Å². The summed E-state index contributed by atoms with van der Waals surface area (Å²) in [6.07, 6.45) is 2.34. The van der Waals surface area contributed by atoms with E-state index in [1.807, 2.05) is 36.4 Å². The topological polar surface area (TPSA) is 12.5 Å². The summed E-state index contributed by atoms with van der Waals surface area (Å²) in [7, 11) is 0. The number of rotatable bonds is 4. The van der Waals surface area contributed by atoms with Gasteiger partial charge in [-0.05, 0) is 40.4 Å². The molecule has 110 valence electrons. The second kappa shape index (κ2) is 6.48. The number of ether oxygens (including phenoxy) is 1. The highest BCUT2D eigenvalue weighted by Gasteiger charge is 2.17. The van der Waals surface area contributed by atoms with Gasteiger partial charge in [0, 0.05) is 24.8 Å². The van der Waals surface area contributed by atoms with Crippen LogP contribution in [-0.4, -0.2) is 13.1 Å². The molecule has 1 fully saturated rings. The molecule has 1 saturated heterocycles. The zero-order valence-corrected chi connectivity index (χ0v) is 13.3. The van der Waals surface area contributed by atoms with Crippen LogP contribution in [0.5, 0.6) is 5.75 Å². The first kappa shape index (κ1) is 14.4. The van der Waals surface area contributed by atoms with Gasteiger partial charge in [0.25, 0.3) is 0 Å². The van der Waals surface area contributed by atoms with E-state index in [4.69, 9.17) is 4.74 Å². The van der Waals surface area contributed by atoms with Gasteiger partial charge in [0.05, 0.1) is 4.47 Å². The van der Waals surface area contributed by atoms with E-state index in [1.165, 1.54) is 12.8 Å². The summed E-state index contributed by atoms with van der Waals surface area (Å²) in [5.41, 5.74) is 1.94. The molecule has 0 saturated carbocycles. The first-order valence-corrected chi connectivity index (χ1v) is 7.94. The van der Waals surface area contributed by atoms with Crippen LogP contribution in [0.15, 0.2) is 46.9 Å². The van der Waals surface area contributed by atoms with E-state index in [0.29, 0.717) is 11.1 Å². The number of hydrogen-bond donors (Lipinski definition) is 0. The minimum Gasteiger partial charge on any atom is -0.485 e. The van der Waals surface area contributed by atoms with E-state index in [2.05, 4.69) is 20.8 Å². The van der Waals surface area contributed by atoms with Crippen molar-refractivity contribution in [2.75, 3.05) is 18.0 Å². The summed E-state index contributed by atoms with van der Waals surface area (Å²) >= 11 is 3.43. The highest BCUT2D eigenvalue weighted by molar-refractivity contribution is 9.10. The predicted molar refractivity (Wildman–Crippen MR) is 86.3 cm³/mol. The lowest BCUT2D eigenvalue weighted by atomic mass is 10.2. The maximum atomic E-state index is 14.3. The van der Waals surface area contributed by atoms with Crippen LogP contribution in [0, 0.1) is 5.82 Å². The molecule has 21 heavy (non-hydrogen) atoms. The van der Waals surface area contributed by atoms with Crippen molar-refractivity contribution in [1.82, 2.24) is 0 Å². The van der Waals surface area contributed by atoms with Crippen LogP contribution in [0.1, 0.15) is 18.4 Å². The monoisotopic (exact) mass is 349 g/mol. The molecule has 0 N–H and O–H groups in total. The maximum absolute atomic E-state index is 14.3. The fraction of sp³-hybridized carbons (Fsp3) is 0.294. The van der Waals surface area contributed by atoms with Crippen molar-refractivity contribution in [2.45, 2.75) is 19.4 Å². The SMILES string of the molecule is Fc1cc(N2CCCC2)cc(Br)c1OCc1ccccc1. The van der Waals surface area contributed by atoms with Gasteiger partial charge in [0.15, 0.2) is 11.6 Å². The lowest BCUT2D eigenvalue weighted by Crippen LogP contribution is -2.17. The van der Waals surface area contributed by atoms with Crippen molar-refractivity contribution in [2.24, 2.45) is 0 Å². The smallest absolute Gasteiger partial charge is 0.169 e. The molecule has 0 aliphatic carbocycles. The molecule has 0 radical (unpaired) electrons. The standard InChI is InChI=1S/C17H17BrFNO/c18-15-10-14(20-8-4-5-9-20)11-16(19)17(15)21-12-13-6-2-1-3-7-13/h1-3,6-7,10-11H,4-5,8-9,12H2. The number of nitrogens with zero attached hydrogens (tertiary/aromatic N) is 1. The van der Waals surface area contributed by atoms with Gasteiger partial charge in [-0.1, -0.05) is 30.3 Å². The van der Waals surface area contributed by atoms with Crippen LogP contribution < -0.4 is 9.64 Å². The first-order valence-electron chi connectivity index (χ1n) is 7.15. The Hall–Kier alpha value is -1.55. The molecule has 4 heteroatoms. The number of benzene rings is 2. The summed E-state index contributed by atoms with van der Waals surface area (Å²) in [4.78, 5) is 2.20. The van der Waals surface area contributed by atoms with E-state index in [0.717, 1.165) is 24.3 Å². The predicted octanol–water partition coefficient (Wildman–Crippen LogP) is 4.77. The fourth-order valence-corrected chi connectivity index (χ4v) is 3.11. The quantitative estimate of drug-likeness (QED) is 0.788. The van der Waals surface area contributed by atoms with E-state index in [-0.39, 0.29) is 11.6 Å². The van der Waals surface area contributed by atoms with E-state index in [9.17, 15) is 4.39 Å². The highest BCUT2D eigenvalue weighted by Crippen LogP contribution is 2.34. The first-order chi connectivity index (χ1) is 10.2. The minimum absolute atomic E-state index is 0.279. The molecule has 1 aliphatic rings. The van der Waals surface area contributed by atoms with Crippen LogP contribution in [-0.2, 0) is 6.61 Å². The third-order valence-corrected chi connectivity index (χ3v) is 4.27. The molecule has 1 heterocycles. The molecule has 2 aromatic rings. The molecular formula is C17H17BrFNO. The lowest BCUT2D eigenvalue weighted by molar-refractivity contribution is 0.288. The largest absolute Gasteiger partial charge is 0.485 e. The van der Waals surface area contributed by atoms with Gasteiger partial charge in [0.2, 0.25) is 0 Å². The van der Waals surface area contributed by atoms with Crippen LogP contribution in [0.4, 0.5) is 10.1 Å². The van der Waals surface area contributed by atoms with Gasteiger partial charge in [0.1, 0.15) is 6.61 Å². The molecule has 2 aromatic carbocycles. The Bertz CT molecular complexity index is 588. The molecule has 0 amide bonds. The maximum Gasteiger partial charge on any atom is 0.169 e. The van der Waals surface area contributed by atoms with Crippen LogP contribution >= 0.6 is 15.9 Å². The van der Waals surface area contributed by atoms with Crippen molar-refractivity contribution in [3.8, 4) is 5.75 Å². The molecule has 0 spiro atoms. The Labute approximate surface area is 132 Å².